The van der Waals surface area contributed by atoms with E-state index in [2.05, 4.69) is 15.0 Å². The number of aryl methyl sites for hydroxylation is 1. The van der Waals surface area contributed by atoms with E-state index in [-0.39, 0.29) is 5.56 Å². The summed E-state index contributed by atoms with van der Waals surface area (Å²) in [6, 6.07) is 7.61. The van der Waals surface area contributed by atoms with Crippen molar-refractivity contribution in [2.24, 2.45) is 0 Å². The first-order valence-corrected chi connectivity index (χ1v) is 10.1. The van der Waals surface area contributed by atoms with Gasteiger partial charge in [0.1, 0.15) is 22.0 Å². The maximum absolute atomic E-state index is 12.3. The van der Waals surface area contributed by atoms with Crippen molar-refractivity contribution in [2.45, 2.75) is 25.8 Å². The fourth-order valence-corrected chi connectivity index (χ4v) is 4.36. The number of anilines is 1. The number of hydrogen-bond acceptors (Lipinski definition) is 7. The van der Waals surface area contributed by atoms with Gasteiger partial charge in [0.2, 0.25) is 0 Å². The van der Waals surface area contributed by atoms with Crippen molar-refractivity contribution in [3.05, 3.63) is 63.3 Å². The Morgan fingerprint density at radius 3 is 2.96 bits per heavy atom. The van der Waals surface area contributed by atoms with Gasteiger partial charge in [-0.2, -0.15) is 0 Å². The van der Waals surface area contributed by atoms with Crippen LogP contribution in [0.3, 0.4) is 0 Å². The van der Waals surface area contributed by atoms with Gasteiger partial charge in [-0.1, -0.05) is 6.07 Å². The second-order valence-electron chi connectivity index (χ2n) is 6.87. The van der Waals surface area contributed by atoms with Crippen molar-refractivity contribution in [1.29, 1.82) is 0 Å². The lowest BCUT2D eigenvalue weighted by molar-refractivity contribution is 0.815. The molecule has 1 aliphatic carbocycles. The summed E-state index contributed by atoms with van der Waals surface area (Å²) in [6.45, 7) is 0.464. The molecule has 4 aromatic rings. The first-order chi connectivity index (χ1) is 13.7. The van der Waals surface area contributed by atoms with E-state index in [0.29, 0.717) is 22.9 Å². The Morgan fingerprint density at radius 1 is 1.18 bits per heavy atom. The van der Waals surface area contributed by atoms with E-state index in [1.807, 2.05) is 41.6 Å². The molecule has 0 saturated carbocycles. The second kappa shape index (κ2) is 6.79. The first-order valence-electron chi connectivity index (χ1n) is 9.18. The van der Waals surface area contributed by atoms with Crippen LogP contribution in [-0.2, 0) is 19.4 Å². The Balaban J connectivity index is 1.54. The third-order valence-electron chi connectivity index (χ3n) is 4.92. The predicted octanol–water partition coefficient (Wildman–Crippen LogP) is 2.96. The summed E-state index contributed by atoms with van der Waals surface area (Å²) >= 11 is 1.41. The Hall–Kier alpha value is -3.13. The Bertz CT molecular complexity index is 1220. The molecular formula is C20H18N6OS. The molecule has 4 aromatic heterocycles. The molecule has 28 heavy (non-hydrogen) atoms. The van der Waals surface area contributed by atoms with Gasteiger partial charge in [0, 0.05) is 24.5 Å². The molecule has 0 aromatic carbocycles. The monoisotopic (exact) mass is 390 g/mol. The predicted molar refractivity (Wildman–Crippen MR) is 110 cm³/mol. The number of H-pyrrole nitrogens is 1. The van der Waals surface area contributed by atoms with Crippen LogP contribution in [0.4, 0.5) is 5.82 Å². The third kappa shape index (κ3) is 2.95. The number of aromatic amines is 1. The van der Waals surface area contributed by atoms with E-state index in [1.165, 1.54) is 16.9 Å². The number of nitrogens with one attached hydrogen (secondary N) is 1. The highest BCUT2D eigenvalue weighted by molar-refractivity contribution is 7.17. The minimum atomic E-state index is -0.0921. The summed E-state index contributed by atoms with van der Waals surface area (Å²) in [5.41, 5.74) is 3.68. The lowest BCUT2D eigenvalue weighted by Crippen LogP contribution is -2.23. The van der Waals surface area contributed by atoms with Gasteiger partial charge < -0.3 is 9.88 Å². The zero-order chi connectivity index (χ0) is 19.1. The fraction of sp³-hybridized carbons (Fsp3) is 0.250. The van der Waals surface area contributed by atoms with Crippen LogP contribution >= 0.6 is 11.3 Å². The molecule has 0 saturated heterocycles. The lowest BCUT2D eigenvalue weighted by atomic mass is 10.2. The number of aromatic nitrogens is 5. The van der Waals surface area contributed by atoms with Crippen molar-refractivity contribution >= 4 is 27.4 Å². The zero-order valence-corrected chi connectivity index (χ0v) is 16.2. The average Bonchev–Trinajstić information content (AvgIpc) is 3.37. The molecule has 0 spiro atoms. The molecule has 1 aliphatic rings. The van der Waals surface area contributed by atoms with Gasteiger partial charge in [0.25, 0.3) is 5.56 Å². The highest BCUT2D eigenvalue weighted by Gasteiger charge is 2.23. The van der Waals surface area contributed by atoms with Crippen molar-refractivity contribution in [3.8, 4) is 11.5 Å². The van der Waals surface area contributed by atoms with Crippen molar-refractivity contribution in [2.75, 3.05) is 11.9 Å². The molecule has 5 rings (SSSR count). The molecule has 0 unspecified atom stereocenters. The van der Waals surface area contributed by atoms with Crippen LogP contribution in [0.5, 0.6) is 0 Å². The van der Waals surface area contributed by atoms with Crippen LogP contribution < -0.4 is 10.5 Å². The largest absolute Gasteiger partial charge is 0.352 e. The molecule has 0 fully saturated rings. The van der Waals surface area contributed by atoms with E-state index < -0.39 is 0 Å². The van der Waals surface area contributed by atoms with Crippen LogP contribution in [0.1, 0.15) is 23.5 Å². The number of rotatable bonds is 4. The number of thiophene rings is 1. The van der Waals surface area contributed by atoms with Crippen molar-refractivity contribution in [3.63, 3.8) is 0 Å². The molecule has 140 valence electrons. The number of fused-ring (bicyclic) bond motifs is 2. The summed E-state index contributed by atoms with van der Waals surface area (Å²) in [7, 11) is 1.97. The minimum absolute atomic E-state index is 0.0921. The maximum atomic E-state index is 12.3. The number of hydrogen-bond donors (Lipinski definition) is 1. The average molecular weight is 390 g/mol. The molecule has 0 atom stereocenters. The SMILES string of the molecule is CN(Cc1nc2ccsc2c(=O)[nH]1)c1nc(-c2ccccn2)nc2c1CCC2. The van der Waals surface area contributed by atoms with Crippen LogP contribution in [0.15, 0.2) is 40.6 Å². The Kier molecular flexibility index (Phi) is 4.12. The fourth-order valence-electron chi connectivity index (χ4n) is 3.63. The summed E-state index contributed by atoms with van der Waals surface area (Å²) in [6.07, 6.45) is 4.74. The molecule has 7 nitrogen and oxygen atoms in total. The minimum Gasteiger partial charge on any atom is -0.352 e. The van der Waals surface area contributed by atoms with E-state index in [0.717, 1.165) is 42.0 Å². The molecule has 8 heteroatoms. The quantitative estimate of drug-likeness (QED) is 0.576. The molecular weight excluding hydrogens is 372 g/mol. The van der Waals surface area contributed by atoms with Gasteiger partial charge >= 0.3 is 0 Å². The molecule has 0 radical (unpaired) electrons. The summed E-state index contributed by atoms with van der Waals surface area (Å²) in [5.74, 6) is 2.15. The van der Waals surface area contributed by atoms with E-state index >= 15 is 0 Å². The highest BCUT2D eigenvalue weighted by atomic mass is 32.1. The van der Waals surface area contributed by atoms with Crippen molar-refractivity contribution in [1.82, 2.24) is 24.9 Å². The Morgan fingerprint density at radius 2 is 2.11 bits per heavy atom. The van der Waals surface area contributed by atoms with Gasteiger partial charge in [-0.3, -0.25) is 9.78 Å². The number of nitrogens with zero attached hydrogens (tertiary/aromatic N) is 5. The molecule has 0 aliphatic heterocycles. The van der Waals surface area contributed by atoms with E-state index in [4.69, 9.17) is 9.97 Å². The zero-order valence-electron chi connectivity index (χ0n) is 15.3. The van der Waals surface area contributed by atoms with Crippen LogP contribution in [0.25, 0.3) is 21.7 Å². The van der Waals surface area contributed by atoms with Gasteiger partial charge in [0.15, 0.2) is 5.82 Å². The van der Waals surface area contributed by atoms with Crippen LogP contribution in [0, 0.1) is 0 Å². The summed E-state index contributed by atoms with van der Waals surface area (Å²) in [5, 5.41) is 1.89. The highest BCUT2D eigenvalue weighted by Crippen LogP contribution is 2.31. The molecule has 0 amide bonds. The maximum Gasteiger partial charge on any atom is 0.268 e. The second-order valence-corrected chi connectivity index (χ2v) is 7.78. The molecule has 4 heterocycles. The summed E-state index contributed by atoms with van der Waals surface area (Å²) < 4.78 is 0.659. The van der Waals surface area contributed by atoms with Gasteiger partial charge in [0.05, 0.1) is 12.1 Å². The number of pyridine rings is 1. The van der Waals surface area contributed by atoms with E-state index in [9.17, 15) is 4.79 Å². The van der Waals surface area contributed by atoms with Gasteiger partial charge in [-0.25, -0.2) is 15.0 Å². The van der Waals surface area contributed by atoms with E-state index in [1.54, 1.807) is 6.20 Å². The normalized spacial score (nSPS) is 13.0. The third-order valence-corrected chi connectivity index (χ3v) is 5.82. The van der Waals surface area contributed by atoms with Crippen molar-refractivity contribution < 1.29 is 0 Å². The molecule has 1 N–H and O–H groups in total. The smallest absolute Gasteiger partial charge is 0.268 e. The summed E-state index contributed by atoms with van der Waals surface area (Å²) in [4.78, 5) is 35.8. The van der Waals surface area contributed by atoms with Crippen LogP contribution in [0.2, 0.25) is 0 Å². The van der Waals surface area contributed by atoms with Gasteiger partial charge in [-0.05, 0) is 42.8 Å². The topological polar surface area (TPSA) is 87.7 Å². The van der Waals surface area contributed by atoms with Crippen LogP contribution in [-0.4, -0.2) is 32.0 Å². The standard InChI is InChI=1S/C20H18N6OS/c1-26(11-16-22-14-8-10-28-17(14)20(27)24-16)19-12-5-4-7-13(12)23-18(25-19)15-6-2-3-9-21-15/h2-3,6,8-10H,4-5,7,11H2,1H3,(H,22,24,27). The lowest BCUT2D eigenvalue weighted by Gasteiger charge is -2.21. The molecule has 0 bridgehead atoms. The Labute approximate surface area is 165 Å². The van der Waals surface area contributed by atoms with Gasteiger partial charge in [-0.15, -0.1) is 11.3 Å². The first kappa shape index (κ1) is 17.0.